The van der Waals surface area contributed by atoms with Crippen LogP contribution in [0.1, 0.15) is 17.2 Å². The molecule has 2 atom stereocenters. The summed E-state index contributed by atoms with van der Waals surface area (Å²) in [6.45, 7) is 0.595. The Morgan fingerprint density at radius 3 is 2.67 bits per heavy atom. The van der Waals surface area contributed by atoms with Gasteiger partial charge in [0.1, 0.15) is 11.6 Å². The van der Waals surface area contributed by atoms with Crippen molar-refractivity contribution < 1.29 is 13.6 Å². The topological polar surface area (TPSA) is 44.4 Å². The van der Waals surface area contributed by atoms with Gasteiger partial charge in [-0.05, 0) is 11.6 Å². The Hall–Kier alpha value is -2.31. The van der Waals surface area contributed by atoms with Crippen LogP contribution in [0.3, 0.4) is 0 Å². The van der Waals surface area contributed by atoms with E-state index in [-0.39, 0.29) is 24.4 Å². The van der Waals surface area contributed by atoms with Gasteiger partial charge in [-0.1, -0.05) is 36.4 Å². The molecule has 0 saturated carbocycles. The van der Waals surface area contributed by atoms with Crippen LogP contribution >= 0.6 is 0 Å². The molecule has 2 N–H and O–H groups in total. The fraction of sp³-hybridized carbons (Fsp3) is 0.278. The van der Waals surface area contributed by atoms with Crippen molar-refractivity contribution in [2.45, 2.75) is 12.6 Å². The number of carbonyl (C=O) groups excluding carboxylic acids is 1. The van der Waals surface area contributed by atoms with Crippen LogP contribution in [-0.2, 0) is 11.3 Å². The molecule has 0 spiro atoms. The zero-order valence-corrected chi connectivity index (χ0v) is 13.3. The van der Waals surface area contributed by atoms with E-state index in [0.717, 1.165) is 11.6 Å². The molecule has 3 rings (SSSR count). The fourth-order valence-electron chi connectivity index (χ4n) is 2.97. The number of amides is 1. The molecule has 0 aliphatic carbocycles. The van der Waals surface area contributed by atoms with Crippen LogP contribution in [0, 0.1) is 17.6 Å². The summed E-state index contributed by atoms with van der Waals surface area (Å²) in [6.07, 6.45) is 0. The predicted molar refractivity (Wildman–Crippen MR) is 86.6 cm³/mol. The minimum atomic E-state index is -0.642. The molecule has 2 aromatic carbocycles. The summed E-state index contributed by atoms with van der Waals surface area (Å²) in [5.41, 5.74) is 7.45. The molecule has 2 aromatic rings. The van der Waals surface area contributed by atoms with Crippen LogP contribution in [0.4, 0.5) is 8.78 Å². The van der Waals surface area contributed by atoms with E-state index < -0.39 is 11.6 Å². The van der Waals surface area contributed by atoms with Crippen molar-refractivity contribution in [3.8, 4) is 0 Å². The Kier molecular flexibility index (Phi) is 4.87. The molecule has 1 aliphatic heterocycles. The second-order valence-electron chi connectivity index (χ2n) is 5.95. The van der Waals surface area contributed by atoms with E-state index in [0.29, 0.717) is 12.1 Å². The Bertz CT molecular complexity index is 723. The average molecular weight is 331 g/mol. The lowest BCUT2D eigenvalue weighted by atomic mass is 9.93. The number of rotatable bonds is 4. The lowest BCUT2D eigenvalue weighted by molar-refractivity contribution is -0.134. The van der Waals surface area contributed by atoms with E-state index in [4.69, 9.17) is 0 Å². The summed E-state index contributed by atoms with van der Waals surface area (Å²) < 4.78 is 26.8. The molecule has 24 heavy (non-hydrogen) atoms. The lowest BCUT2D eigenvalue weighted by Gasteiger charge is -2.24. The maximum Gasteiger partial charge on any atom is 0.229 e. The zero-order chi connectivity index (χ0) is 17.1. The molecule has 1 fully saturated rings. The number of nitrogens with one attached hydrogen (secondary N) is 2. The van der Waals surface area contributed by atoms with Crippen molar-refractivity contribution in [2.75, 3.05) is 13.6 Å². The van der Waals surface area contributed by atoms with Crippen molar-refractivity contribution in [2.24, 2.45) is 5.92 Å². The van der Waals surface area contributed by atoms with Gasteiger partial charge >= 0.3 is 0 Å². The smallest absolute Gasteiger partial charge is 0.229 e. The van der Waals surface area contributed by atoms with Gasteiger partial charge < -0.3 is 4.90 Å². The number of nitrogens with zero attached hydrogens (tertiary/aromatic N) is 1. The predicted octanol–water partition coefficient (Wildman–Crippen LogP) is 2.39. The van der Waals surface area contributed by atoms with E-state index >= 15 is 0 Å². The van der Waals surface area contributed by atoms with E-state index in [2.05, 4.69) is 10.9 Å². The van der Waals surface area contributed by atoms with E-state index in [9.17, 15) is 13.6 Å². The average Bonchev–Trinajstić information content (AvgIpc) is 3.07. The van der Waals surface area contributed by atoms with Crippen molar-refractivity contribution in [3.05, 3.63) is 71.3 Å². The van der Waals surface area contributed by atoms with Crippen molar-refractivity contribution in [1.29, 1.82) is 0 Å². The highest BCUT2D eigenvalue weighted by Gasteiger charge is 2.35. The highest BCUT2D eigenvalue weighted by atomic mass is 19.1. The minimum absolute atomic E-state index is 0.0925. The van der Waals surface area contributed by atoms with Gasteiger partial charge in [0, 0.05) is 31.8 Å². The highest BCUT2D eigenvalue weighted by molar-refractivity contribution is 5.80. The molecule has 126 valence electrons. The molecule has 0 radical (unpaired) electrons. The van der Waals surface area contributed by atoms with Crippen molar-refractivity contribution in [3.63, 3.8) is 0 Å². The van der Waals surface area contributed by atoms with Crippen molar-refractivity contribution in [1.82, 2.24) is 15.8 Å². The first-order valence-corrected chi connectivity index (χ1v) is 7.78. The largest absolute Gasteiger partial charge is 0.341 e. The maximum absolute atomic E-state index is 13.8. The van der Waals surface area contributed by atoms with Crippen LogP contribution in [0.15, 0.2) is 48.5 Å². The summed E-state index contributed by atoms with van der Waals surface area (Å²) >= 11 is 0. The third-order valence-electron chi connectivity index (χ3n) is 4.26. The Morgan fingerprint density at radius 1 is 1.21 bits per heavy atom. The standard InChI is InChI=1S/C18H19F2N3O/c1-23(11-13-7-8-14(19)9-16(13)20)18(24)15-10-21-22-17(15)12-5-3-2-4-6-12/h2-9,15,17,21-22H,10-11H2,1H3. The van der Waals surface area contributed by atoms with Gasteiger partial charge in [0.05, 0.1) is 12.0 Å². The second-order valence-corrected chi connectivity index (χ2v) is 5.95. The van der Waals surface area contributed by atoms with Crippen LogP contribution in [-0.4, -0.2) is 24.4 Å². The van der Waals surface area contributed by atoms with E-state index in [1.807, 2.05) is 30.3 Å². The first-order chi connectivity index (χ1) is 11.6. The SMILES string of the molecule is CN(Cc1ccc(F)cc1F)C(=O)C1CNNC1c1ccccc1. The van der Waals surface area contributed by atoms with Gasteiger partial charge in [0.2, 0.25) is 5.91 Å². The molecule has 1 amide bonds. The molecule has 6 heteroatoms. The Labute approximate surface area is 139 Å². The number of hydrazine groups is 1. The fourth-order valence-corrected chi connectivity index (χ4v) is 2.97. The molecule has 4 nitrogen and oxygen atoms in total. The maximum atomic E-state index is 13.8. The van der Waals surface area contributed by atoms with E-state index in [1.165, 1.54) is 17.0 Å². The van der Waals surface area contributed by atoms with Crippen LogP contribution in [0.2, 0.25) is 0 Å². The van der Waals surface area contributed by atoms with Crippen LogP contribution in [0.25, 0.3) is 0 Å². The van der Waals surface area contributed by atoms with Crippen LogP contribution in [0.5, 0.6) is 0 Å². The highest BCUT2D eigenvalue weighted by Crippen LogP contribution is 2.26. The number of carbonyl (C=O) groups is 1. The number of halogens is 2. The summed E-state index contributed by atoms with van der Waals surface area (Å²) in [5, 5.41) is 0. The van der Waals surface area contributed by atoms with E-state index in [1.54, 1.807) is 7.05 Å². The van der Waals surface area contributed by atoms with Crippen LogP contribution < -0.4 is 10.9 Å². The summed E-state index contributed by atoms with van der Waals surface area (Å²) in [6, 6.07) is 13.0. The second kappa shape index (κ2) is 7.07. The molecule has 1 heterocycles. The Morgan fingerprint density at radius 2 is 1.96 bits per heavy atom. The van der Waals surface area contributed by atoms with Gasteiger partial charge in [-0.2, -0.15) is 0 Å². The first kappa shape index (κ1) is 16.5. The lowest BCUT2D eigenvalue weighted by Crippen LogP contribution is -2.36. The molecule has 0 aromatic heterocycles. The quantitative estimate of drug-likeness (QED) is 0.904. The molecule has 1 aliphatic rings. The molecular formula is C18H19F2N3O. The van der Waals surface area contributed by atoms with Gasteiger partial charge in [0.25, 0.3) is 0 Å². The summed E-state index contributed by atoms with van der Waals surface area (Å²) in [5.74, 6) is -1.65. The van der Waals surface area contributed by atoms with Gasteiger partial charge in [0.15, 0.2) is 0 Å². The molecular weight excluding hydrogens is 312 g/mol. The third-order valence-corrected chi connectivity index (χ3v) is 4.26. The van der Waals surface area contributed by atoms with Gasteiger partial charge in [-0.3, -0.25) is 10.2 Å². The zero-order valence-electron chi connectivity index (χ0n) is 13.3. The normalized spacial score (nSPS) is 20.1. The monoisotopic (exact) mass is 331 g/mol. The summed E-state index contributed by atoms with van der Waals surface area (Å²) in [7, 11) is 1.63. The third kappa shape index (κ3) is 3.44. The molecule has 2 unspecified atom stereocenters. The number of benzene rings is 2. The summed E-state index contributed by atoms with van der Waals surface area (Å²) in [4.78, 5) is 14.2. The molecule has 0 bridgehead atoms. The van der Waals surface area contributed by atoms with Crippen molar-refractivity contribution >= 4 is 5.91 Å². The molecule has 1 saturated heterocycles. The Balaban J connectivity index is 1.73. The number of hydrogen-bond acceptors (Lipinski definition) is 3. The number of hydrogen-bond donors (Lipinski definition) is 2. The van der Waals surface area contributed by atoms with Gasteiger partial charge in [-0.15, -0.1) is 0 Å². The minimum Gasteiger partial charge on any atom is -0.341 e. The first-order valence-electron chi connectivity index (χ1n) is 7.78. The van der Waals surface area contributed by atoms with Gasteiger partial charge in [-0.25, -0.2) is 14.2 Å².